The Morgan fingerprint density at radius 2 is 1.83 bits per heavy atom. The lowest BCUT2D eigenvalue weighted by Crippen LogP contribution is -2.39. The van der Waals surface area contributed by atoms with Crippen LogP contribution in [0.1, 0.15) is 53.9 Å². The number of aromatic nitrogens is 3. The topological polar surface area (TPSA) is 125 Å². The van der Waals surface area contributed by atoms with Crippen molar-refractivity contribution in [3.8, 4) is 17.0 Å². The molecule has 270 valence electrons. The number of imide groups is 1. The molecule has 0 aliphatic carbocycles. The Morgan fingerprint density at radius 3 is 2.68 bits per heavy atom. The number of nitrogens with one attached hydrogen (secondary N) is 3. The van der Waals surface area contributed by atoms with Crippen LogP contribution in [-0.2, 0) is 22.7 Å². The normalized spacial score (nSPS) is 19.0. The molecule has 4 aliphatic rings. The Kier molecular flexibility index (Phi) is 8.61. The Bertz CT molecular complexity index is 2260. The number of fused-ring (bicyclic) bond motifs is 3. The first-order chi connectivity index (χ1) is 25.8. The first kappa shape index (κ1) is 33.2. The van der Waals surface area contributed by atoms with Crippen molar-refractivity contribution < 1.29 is 18.7 Å². The van der Waals surface area contributed by atoms with Gasteiger partial charge >= 0.3 is 0 Å². The number of amides is 2. The highest BCUT2D eigenvalue weighted by Gasteiger charge is 2.31. The van der Waals surface area contributed by atoms with Crippen LogP contribution in [-0.4, -0.2) is 64.5 Å². The van der Waals surface area contributed by atoms with Crippen molar-refractivity contribution in [2.24, 2.45) is 5.92 Å². The van der Waals surface area contributed by atoms with Crippen LogP contribution in [0, 0.1) is 18.7 Å². The van der Waals surface area contributed by atoms with Crippen LogP contribution in [0.4, 0.5) is 27.4 Å². The Labute approximate surface area is 307 Å². The summed E-state index contributed by atoms with van der Waals surface area (Å²) in [5, 5.41) is 9.98. The van der Waals surface area contributed by atoms with E-state index in [4.69, 9.17) is 9.72 Å². The maximum absolute atomic E-state index is 15.6. The Hall–Kier alpha value is -5.62. The molecule has 0 bridgehead atoms. The van der Waals surface area contributed by atoms with Gasteiger partial charge in [-0.2, -0.15) is 0 Å². The maximum atomic E-state index is 15.6. The van der Waals surface area contributed by atoms with Crippen molar-refractivity contribution in [1.82, 2.24) is 25.2 Å². The largest absolute Gasteiger partial charge is 0.474 e. The van der Waals surface area contributed by atoms with Crippen molar-refractivity contribution in [2.45, 2.75) is 51.6 Å². The standard InChI is InChI=1S/C41H41FN8O3/c1-24-33(20-44-40-38(24)43-12-15-53-40)27-2-4-28-19-45-41(47-35(28)17-27)46-31-6-8-36(34(42)18-31)50-13-10-25(11-14-50)21-49-22-29-5-3-26(16-30(29)23-49)32-7-9-37(51)48-39(32)52/h2-6,8,16-20,25,32,43H,7,9-15,21-23H2,1H3,(H,45,46,47)(H,48,51,52). The summed E-state index contributed by atoms with van der Waals surface area (Å²) in [6.07, 6.45) is 6.55. The molecule has 0 saturated carbocycles. The van der Waals surface area contributed by atoms with Gasteiger partial charge < -0.3 is 20.3 Å². The Balaban J connectivity index is 0.811. The average molecular weight is 713 g/mol. The van der Waals surface area contributed by atoms with Crippen LogP contribution in [0.25, 0.3) is 22.0 Å². The van der Waals surface area contributed by atoms with E-state index in [0.29, 0.717) is 48.6 Å². The molecule has 2 saturated heterocycles. The third kappa shape index (κ3) is 6.63. The Morgan fingerprint density at radius 1 is 0.962 bits per heavy atom. The predicted octanol–water partition coefficient (Wildman–Crippen LogP) is 6.44. The molecular formula is C41H41FN8O3. The van der Waals surface area contributed by atoms with Crippen LogP contribution >= 0.6 is 0 Å². The van der Waals surface area contributed by atoms with Crippen molar-refractivity contribution in [3.05, 3.63) is 95.1 Å². The van der Waals surface area contributed by atoms with E-state index < -0.39 is 0 Å². The molecule has 11 nitrogen and oxygen atoms in total. The number of halogens is 1. The molecule has 4 aliphatic heterocycles. The van der Waals surface area contributed by atoms with Crippen LogP contribution in [0.2, 0.25) is 0 Å². The van der Waals surface area contributed by atoms with E-state index in [1.807, 2.05) is 42.6 Å². The van der Waals surface area contributed by atoms with Crippen LogP contribution in [0.15, 0.2) is 67.0 Å². The lowest BCUT2D eigenvalue weighted by atomic mass is 9.89. The summed E-state index contributed by atoms with van der Waals surface area (Å²) in [5.41, 5.74) is 9.54. The SMILES string of the molecule is Cc1c(-c2ccc3cnc(Nc4ccc(N5CCC(CN6Cc7ccc(C8CCC(=O)NC8=O)cc7C6)CC5)c(F)c4)nc3c2)cnc2c1NCCO2. The molecule has 0 radical (unpaired) electrons. The fraction of sp³-hybridized carbons (Fsp3) is 0.341. The van der Waals surface area contributed by atoms with Gasteiger partial charge in [-0.3, -0.25) is 19.8 Å². The first-order valence-electron chi connectivity index (χ1n) is 18.5. The average Bonchev–Trinajstić information content (AvgIpc) is 3.57. The maximum Gasteiger partial charge on any atom is 0.237 e. The molecule has 2 fully saturated rings. The van der Waals surface area contributed by atoms with Crippen molar-refractivity contribution >= 4 is 45.7 Å². The summed E-state index contributed by atoms with van der Waals surface area (Å²) in [6.45, 7) is 7.76. The monoisotopic (exact) mass is 712 g/mol. The van der Waals surface area contributed by atoms with Crippen molar-refractivity contribution in [1.29, 1.82) is 0 Å². The highest BCUT2D eigenvalue weighted by molar-refractivity contribution is 6.01. The summed E-state index contributed by atoms with van der Waals surface area (Å²) in [7, 11) is 0. The summed E-state index contributed by atoms with van der Waals surface area (Å²) >= 11 is 0. The third-order valence-electron chi connectivity index (χ3n) is 11.2. The second kappa shape index (κ2) is 13.7. The van der Waals surface area contributed by atoms with Gasteiger partial charge in [-0.1, -0.05) is 30.3 Å². The minimum atomic E-state index is -0.272. The van der Waals surface area contributed by atoms with Gasteiger partial charge in [-0.25, -0.2) is 19.3 Å². The van der Waals surface area contributed by atoms with E-state index in [-0.39, 0.29) is 23.5 Å². The molecule has 1 unspecified atom stereocenters. The number of carbonyl (C=O) groups excluding carboxylic acids is 2. The molecule has 3 aromatic carbocycles. The highest BCUT2D eigenvalue weighted by Crippen LogP contribution is 2.37. The van der Waals surface area contributed by atoms with Crippen molar-refractivity contribution in [3.63, 3.8) is 0 Å². The highest BCUT2D eigenvalue weighted by atomic mass is 19.1. The quantitative estimate of drug-likeness (QED) is 0.163. The molecule has 5 aromatic rings. The summed E-state index contributed by atoms with van der Waals surface area (Å²) in [4.78, 5) is 42.4. The number of carbonyl (C=O) groups is 2. The molecule has 12 heteroatoms. The number of nitrogens with zero attached hydrogens (tertiary/aromatic N) is 5. The van der Waals surface area contributed by atoms with Gasteiger partial charge in [0.2, 0.25) is 23.6 Å². The molecule has 1 atom stereocenters. The molecule has 2 amide bonds. The predicted molar refractivity (Wildman–Crippen MR) is 202 cm³/mol. The van der Waals surface area contributed by atoms with Crippen LogP contribution in [0.3, 0.4) is 0 Å². The zero-order valence-corrected chi connectivity index (χ0v) is 29.6. The summed E-state index contributed by atoms with van der Waals surface area (Å²) in [5.74, 6) is 0.647. The molecule has 53 heavy (non-hydrogen) atoms. The molecule has 6 heterocycles. The fourth-order valence-electron chi connectivity index (χ4n) is 8.30. The van der Waals surface area contributed by atoms with E-state index >= 15 is 4.39 Å². The van der Waals surface area contributed by atoms with E-state index in [9.17, 15) is 9.59 Å². The van der Waals surface area contributed by atoms with E-state index in [0.717, 1.165) is 91.0 Å². The molecule has 9 rings (SSSR count). The molecular weight excluding hydrogens is 672 g/mol. The fourth-order valence-corrected chi connectivity index (χ4v) is 8.30. The molecule has 2 aromatic heterocycles. The lowest BCUT2D eigenvalue weighted by molar-refractivity contribution is -0.134. The minimum absolute atomic E-state index is 0.187. The second-order valence-corrected chi connectivity index (χ2v) is 14.6. The number of anilines is 4. The van der Waals surface area contributed by atoms with Gasteiger partial charge in [0, 0.05) is 74.7 Å². The van der Waals surface area contributed by atoms with Crippen LogP contribution in [0.5, 0.6) is 5.88 Å². The number of piperidine rings is 2. The van der Waals surface area contributed by atoms with Gasteiger partial charge in [-0.15, -0.1) is 0 Å². The zero-order chi connectivity index (χ0) is 36.1. The zero-order valence-electron chi connectivity index (χ0n) is 29.6. The number of hydrogen-bond acceptors (Lipinski definition) is 10. The van der Waals surface area contributed by atoms with Crippen LogP contribution < -0.4 is 25.6 Å². The van der Waals surface area contributed by atoms with E-state index in [1.165, 1.54) is 17.2 Å². The smallest absolute Gasteiger partial charge is 0.237 e. The lowest BCUT2D eigenvalue weighted by Gasteiger charge is -2.35. The number of hydrogen-bond donors (Lipinski definition) is 3. The van der Waals surface area contributed by atoms with E-state index in [2.05, 4.69) is 54.8 Å². The van der Waals surface area contributed by atoms with Gasteiger partial charge in [0.1, 0.15) is 18.1 Å². The number of benzene rings is 3. The number of rotatable bonds is 7. The van der Waals surface area contributed by atoms with Gasteiger partial charge in [-0.05, 0) is 84.2 Å². The molecule has 0 spiro atoms. The summed E-state index contributed by atoms with van der Waals surface area (Å²) < 4.78 is 21.3. The number of pyridine rings is 1. The second-order valence-electron chi connectivity index (χ2n) is 14.6. The van der Waals surface area contributed by atoms with Gasteiger partial charge in [0.15, 0.2) is 0 Å². The van der Waals surface area contributed by atoms with Crippen molar-refractivity contribution in [2.75, 3.05) is 48.3 Å². The summed E-state index contributed by atoms with van der Waals surface area (Å²) in [6, 6.07) is 17.7. The third-order valence-corrected chi connectivity index (χ3v) is 11.2. The van der Waals surface area contributed by atoms with E-state index in [1.54, 1.807) is 6.20 Å². The number of ether oxygens (including phenoxy) is 1. The van der Waals surface area contributed by atoms with Gasteiger partial charge in [0.05, 0.1) is 17.1 Å². The minimum Gasteiger partial charge on any atom is -0.474 e. The molecule has 3 N–H and O–H groups in total. The van der Waals surface area contributed by atoms with Gasteiger partial charge in [0.25, 0.3) is 0 Å². The first-order valence-corrected chi connectivity index (χ1v) is 18.5.